The van der Waals surface area contributed by atoms with Gasteiger partial charge in [0.15, 0.2) is 0 Å². The van der Waals surface area contributed by atoms with Crippen molar-refractivity contribution < 1.29 is 4.79 Å². The van der Waals surface area contributed by atoms with Crippen LogP contribution in [0.5, 0.6) is 0 Å². The first-order valence-electron chi connectivity index (χ1n) is 7.32. The zero-order valence-corrected chi connectivity index (χ0v) is 13.4. The van der Waals surface area contributed by atoms with Gasteiger partial charge in [0.2, 0.25) is 5.91 Å². The van der Waals surface area contributed by atoms with Crippen LogP contribution < -0.4 is 11.1 Å². The van der Waals surface area contributed by atoms with Gasteiger partial charge in [-0.15, -0.1) is 11.3 Å². The van der Waals surface area contributed by atoms with Gasteiger partial charge in [-0.2, -0.15) is 0 Å². The Labute approximate surface area is 125 Å². The molecule has 1 aromatic rings. The molecular formula is C15H25N3OS. The monoisotopic (exact) mass is 295 g/mol. The van der Waals surface area contributed by atoms with E-state index < -0.39 is 5.54 Å². The van der Waals surface area contributed by atoms with E-state index in [0.29, 0.717) is 12.5 Å². The fourth-order valence-corrected chi connectivity index (χ4v) is 3.56. The van der Waals surface area contributed by atoms with Crippen LogP contribution in [0.4, 0.5) is 0 Å². The standard InChI is InChI=1S/C15H25N3OS/c1-11-4-6-15(10-16,7-5-11)12(19)18-14(2,3)13-17-8-9-20-13/h8-9,11H,4-7,10,16H2,1-3H3,(H,18,19). The first-order valence-corrected chi connectivity index (χ1v) is 8.20. The predicted octanol–water partition coefficient (Wildman–Crippen LogP) is 2.65. The van der Waals surface area contributed by atoms with Crippen LogP contribution in [0.15, 0.2) is 11.6 Å². The number of amides is 1. The highest BCUT2D eigenvalue weighted by molar-refractivity contribution is 7.09. The molecule has 112 valence electrons. The van der Waals surface area contributed by atoms with Crippen molar-refractivity contribution in [2.75, 3.05) is 6.54 Å². The molecule has 0 bridgehead atoms. The van der Waals surface area contributed by atoms with Gasteiger partial charge in [-0.05, 0) is 45.4 Å². The highest BCUT2D eigenvalue weighted by atomic mass is 32.1. The lowest BCUT2D eigenvalue weighted by Gasteiger charge is -2.39. The van der Waals surface area contributed by atoms with E-state index in [4.69, 9.17) is 5.73 Å². The summed E-state index contributed by atoms with van der Waals surface area (Å²) >= 11 is 1.57. The van der Waals surface area contributed by atoms with Crippen molar-refractivity contribution in [3.05, 3.63) is 16.6 Å². The van der Waals surface area contributed by atoms with E-state index in [1.54, 1.807) is 17.5 Å². The van der Waals surface area contributed by atoms with Crippen LogP contribution in [0.1, 0.15) is 51.5 Å². The molecule has 0 spiro atoms. The van der Waals surface area contributed by atoms with Gasteiger partial charge in [0.25, 0.3) is 0 Å². The summed E-state index contributed by atoms with van der Waals surface area (Å²) in [5, 5.41) is 6.03. The Bertz CT molecular complexity index is 448. The number of nitrogens with zero attached hydrogens (tertiary/aromatic N) is 1. The molecule has 1 saturated carbocycles. The van der Waals surface area contributed by atoms with Crippen LogP contribution in [-0.2, 0) is 10.3 Å². The van der Waals surface area contributed by atoms with E-state index in [2.05, 4.69) is 17.2 Å². The molecule has 1 fully saturated rings. The highest BCUT2D eigenvalue weighted by Crippen LogP contribution is 2.39. The second kappa shape index (κ2) is 5.82. The first-order chi connectivity index (χ1) is 9.39. The molecule has 2 rings (SSSR count). The molecule has 4 nitrogen and oxygen atoms in total. The zero-order chi connectivity index (χ0) is 14.8. The van der Waals surface area contributed by atoms with Crippen molar-refractivity contribution in [1.29, 1.82) is 0 Å². The minimum absolute atomic E-state index is 0.0899. The maximum absolute atomic E-state index is 12.8. The van der Waals surface area contributed by atoms with Crippen LogP contribution in [0.2, 0.25) is 0 Å². The summed E-state index contributed by atoms with van der Waals surface area (Å²) in [6, 6.07) is 0. The minimum Gasteiger partial charge on any atom is -0.344 e. The lowest BCUT2D eigenvalue weighted by atomic mass is 9.70. The highest BCUT2D eigenvalue weighted by Gasteiger charge is 2.42. The number of aromatic nitrogens is 1. The Kier molecular flexibility index (Phi) is 4.49. The van der Waals surface area contributed by atoms with Crippen LogP contribution in [-0.4, -0.2) is 17.4 Å². The van der Waals surface area contributed by atoms with Gasteiger partial charge >= 0.3 is 0 Å². The fourth-order valence-electron chi connectivity index (χ4n) is 2.84. The zero-order valence-electron chi connectivity index (χ0n) is 12.6. The van der Waals surface area contributed by atoms with Crippen molar-refractivity contribution in [3.63, 3.8) is 0 Å². The Hall–Kier alpha value is -0.940. The Morgan fingerprint density at radius 3 is 2.70 bits per heavy atom. The van der Waals surface area contributed by atoms with Crippen LogP contribution in [0.25, 0.3) is 0 Å². The maximum atomic E-state index is 12.8. The van der Waals surface area contributed by atoms with Gasteiger partial charge in [-0.3, -0.25) is 4.79 Å². The van der Waals surface area contributed by atoms with Crippen molar-refractivity contribution in [3.8, 4) is 0 Å². The lowest BCUT2D eigenvalue weighted by molar-refractivity contribution is -0.134. The number of hydrogen-bond donors (Lipinski definition) is 2. The Morgan fingerprint density at radius 1 is 1.55 bits per heavy atom. The summed E-state index contributed by atoms with van der Waals surface area (Å²) < 4.78 is 0. The van der Waals surface area contributed by atoms with E-state index in [0.717, 1.165) is 30.7 Å². The van der Waals surface area contributed by atoms with Crippen molar-refractivity contribution in [2.24, 2.45) is 17.1 Å². The molecule has 1 aromatic heterocycles. The Balaban J connectivity index is 2.10. The van der Waals surface area contributed by atoms with E-state index in [1.165, 1.54) is 0 Å². The molecule has 0 atom stereocenters. The molecule has 0 saturated heterocycles. The molecule has 0 unspecified atom stereocenters. The lowest BCUT2D eigenvalue weighted by Crippen LogP contribution is -2.53. The number of hydrogen-bond acceptors (Lipinski definition) is 4. The molecule has 3 N–H and O–H groups in total. The summed E-state index contributed by atoms with van der Waals surface area (Å²) in [4.78, 5) is 17.1. The molecule has 0 aliphatic heterocycles. The van der Waals surface area contributed by atoms with Crippen LogP contribution in [0.3, 0.4) is 0 Å². The molecule has 0 aromatic carbocycles. The van der Waals surface area contributed by atoms with E-state index in [9.17, 15) is 4.79 Å². The van der Waals surface area contributed by atoms with Gasteiger partial charge in [0, 0.05) is 18.1 Å². The fraction of sp³-hybridized carbons (Fsp3) is 0.733. The van der Waals surface area contributed by atoms with Gasteiger partial charge < -0.3 is 11.1 Å². The van der Waals surface area contributed by atoms with Crippen LogP contribution >= 0.6 is 11.3 Å². The number of nitrogens with one attached hydrogen (secondary N) is 1. The quantitative estimate of drug-likeness (QED) is 0.897. The first kappa shape index (κ1) is 15.4. The smallest absolute Gasteiger partial charge is 0.228 e. The third-order valence-electron chi connectivity index (χ3n) is 4.50. The van der Waals surface area contributed by atoms with E-state index >= 15 is 0 Å². The molecule has 1 aliphatic rings. The second-order valence-corrected chi connectivity index (χ2v) is 7.48. The second-order valence-electron chi connectivity index (χ2n) is 6.58. The van der Waals surface area contributed by atoms with E-state index in [-0.39, 0.29) is 11.3 Å². The van der Waals surface area contributed by atoms with Crippen molar-refractivity contribution >= 4 is 17.2 Å². The molecule has 1 heterocycles. The van der Waals surface area contributed by atoms with E-state index in [1.807, 2.05) is 19.2 Å². The number of carbonyl (C=O) groups is 1. The van der Waals surface area contributed by atoms with Crippen molar-refractivity contribution in [2.45, 2.75) is 52.0 Å². The van der Waals surface area contributed by atoms with Crippen molar-refractivity contribution in [1.82, 2.24) is 10.3 Å². The van der Waals surface area contributed by atoms with Gasteiger partial charge in [-0.1, -0.05) is 6.92 Å². The normalized spacial score (nSPS) is 27.3. The largest absolute Gasteiger partial charge is 0.344 e. The average molecular weight is 295 g/mol. The maximum Gasteiger partial charge on any atom is 0.228 e. The topological polar surface area (TPSA) is 68.0 Å². The summed E-state index contributed by atoms with van der Waals surface area (Å²) in [5.74, 6) is 0.793. The summed E-state index contributed by atoms with van der Waals surface area (Å²) in [7, 11) is 0. The molecule has 1 aliphatic carbocycles. The van der Waals surface area contributed by atoms with Gasteiger partial charge in [0.1, 0.15) is 5.01 Å². The molecule has 5 heteroatoms. The number of rotatable bonds is 4. The average Bonchev–Trinajstić information content (AvgIpc) is 2.94. The number of carbonyl (C=O) groups excluding carboxylic acids is 1. The third-order valence-corrected chi connectivity index (χ3v) is 5.59. The minimum atomic E-state index is -0.434. The van der Waals surface area contributed by atoms with Crippen LogP contribution in [0, 0.1) is 11.3 Å². The Morgan fingerprint density at radius 2 is 2.20 bits per heavy atom. The predicted molar refractivity (Wildman–Crippen MR) is 82.4 cm³/mol. The van der Waals surface area contributed by atoms with Gasteiger partial charge in [-0.25, -0.2) is 4.98 Å². The summed E-state index contributed by atoms with van der Waals surface area (Å²) in [6.07, 6.45) is 5.73. The number of nitrogens with two attached hydrogens (primary N) is 1. The molecular weight excluding hydrogens is 270 g/mol. The SMILES string of the molecule is CC1CCC(CN)(C(=O)NC(C)(C)c2nccs2)CC1. The summed E-state index contributed by atoms with van der Waals surface area (Å²) in [6.45, 7) is 6.68. The molecule has 20 heavy (non-hydrogen) atoms. The number of thiazole rings is 1. The van der Waals surface area contributed by atoms with Gasteiger partial charge in [0.05, 0.1) is 11.0 Å². The third kappa shape index (κ3) is 3.04. The molecule has 1 amide bonds. The molecule has 0 radical (unpaired) electrons. The summed E-state index contributed by atoms with van der Waals surface area (Å²) in [5.41, 5.74) is 5.13.